The van der Waals surface area contributed by atoms with Crippen molar-refractivity contribution in [2.75, 3.05) is 13.1 Å². The monoisotopic (exact) mass is 365 g/mol. The lowest BCUT2D eigenvalue weighted by atomic mass is 9.70. The summed E-state index contributed by atoms with van der Waals surface area (Å²) in [7, 11) is 0. The number of benzene rings is 2. The third kappa shape index (κ3) is 4.05. The number of para-hydroxylation sites is 1. The van der Waals surface area contributed by atoms with Crippen molar-refractivity contribution in [3.8, 4) is 5.75 Å². The number of hydrogen-bond donors (Lipinski definition) is 0. The van der Waals surface area contributed by atoms with Crippen LogP contribution in [0.1, 0.15) is 38.7 Å². The van der Waals surface area contributed by atoms with E-state index in [1.165, 1.54) is 0 Å². The van der Waals surface area contributed by atoms with Crippen molar-refractivity contribution in [1.82, 2.24) is 4.90 Å². The number of hydrogen-bond acceptors (Lipinski definition) is 3. The second kappa shape index (κ2) is 8.38. The molecule has 4 heteroatoms. The van der Waals surface area contributed by atoms with Gasteiger partial charge in [-0.15, -0.1) is 0 Å². The molecule has 1 aliphatic heterocycles. The Bertz CT molecular complexity index is 765. The van der Waals surface area contributed by atoms with E-state index in [2.05, 4.69) is 0 Å². The van der Waals surface area contributed by atoms with Gasteiger partial charge in [-0.25, -0.2) is 0 Å². The molecular weight excluding hydrogens is 338 g/mol. The maximum Gasteiger partial charge on any atom is 0.263 e. The Morgan fingerprint density at radius 3 is 2.07 bits per heavy atom. The number of ketones is 1. The van der Waals surface area contributed by atoms with E-state index in [9.17, 15) is 9.59 Å². The van der Waals surface area contributed by atoms with Crippen LogP contribution < -0.4 is 4.74 Å². The van der Waals surface area contributed by atoms with Crippen LogP contribution in [0.4, 0.5) is 0 Å². The number of ether oxygens (including phenoxy) is 1. The topological polar surface area (TPSA) is 46.6 Å². The molecule has 0 spiro atoms. The van der Waals surface area contributed by atoms with Gasteiger partial charge in [0.05, 0.1) is 5.41 Å². The first-order chi connectivity index (χ1) is 13.1. The minimum Gasteiger partial charge on any atom is -0.481 e. The van der Waals surface area contributed by atoms with Crippen LogP contribution in [0, 0.1) is 0 Å². The quantitative estimate of drug-likeness (QED) is 0.777. The first-order valence-corrected chi connectivity index (χ1v) is 9.64. The van der Waals surface area contributed by atoms with Crippen molar-refractivity contribution >= 4 is 11.7 Å². The van der Waals surface area contributed by atoms with Gasteiger partial charge in [0.15, 0.2) is 6.10 Å². The molecule has 1 aliphatic rings. The second-order valence-corrected chi connectivity index (χ2v) is 7.16. The number of rotatable bonds is 6. The van der Waals surface area contributed by atoms with Crippen molar-refractivity contribution in [1.29, 1.82) is 0 Å². The van der Waals surface area contributed by atoms with Crippen LogP contribution in [0.5, 0.6) is 5.75 Å². The van der Waals surface area contributed by atoms with Gasteiger partial charge in [0.25, 0.3) is 5.91 Å². The smallest absolute Gasteiger partial charge is 0.263 e. The Morgan fingerprint density at radius 1 is 1.00 bits per heavy atom. The highest BCUT2D eigenvalue weighted by Gasteiger charge is 2.42. The zero-order valence-corrected chi connectivity index (χ0v) is 16.1. The normalized spacial score (nSPS) is 17.2. The first-order valence-electron chi connectivity index (χ1n) is 9.64. The number of carbonyl (C=O) groups is 2. The Morgan fingerprint density at radius 2 is 1.56 bits per heavy atom. The summed E-state index contributed by atoms with van der Waals surface area (Å²) in [6.07, 6.45) is 1.43. The molecular formula is C23H27NO3. The van der Waals surface area contributed by atoms with Crippen molar-refractivity contribution in [2.45, 2.75) is 44.6 Å². The van der Waals surface area contributed by atoms with Gasteiger partial charge in [-0.05, 0) is 43.9 Å². The number of likely N-dealkylation sites (tertiary alicyclic amines) is 1. The van der Waals surface area contributed by atoms with E-state index < -0.39 is 11.5 Å². The second-order valence-electron chi connectivity index (χ2n) is 7.16. The number of amides is 1. The molecule has 0 radical (unpaired) electrons. The lowest BCUT2D eigenvalue weighted by molar-refractivity contribution is -0.142. The average Bonchev–Trinajstić information content (AvgIpc) is 2.73. The zero-order chi connectivity index (χ0) is 19.3. The van der Waals surface area contributed by atoms with E-state index in [0.717, 1.165) is 5.56 Å². The molecule has 1 unspecified atom stereocenters. The zero-order valence-electron chi connectivity index (χ0n) is 16.1. The molecule has 1 atom stereocenters. The Kier molecular flexibility index (Phi) is 5.94. The molecule has 1 saturated heterocycles. The van der Waals surface area contributed by atoms with Crippen LogP contribution in [-0.4, -0.2) is 35.8 Å². The van der Waals surface area contributed by atoms with E-state index in [1.54, 1.807) is 6.92 Å². The maximum atomic E-state index is 13.0. The number of nitrogens with zero attached hydrogens (tertiary/aromatic N) is 1. The summed E-state index contributed by atoms with van der Waals surface area (Å²) in [6, 6.07) is 19.4. The van der Waals surface area contributed by atoms with Gasteiger partial charge in [0.2, 0.25) is 0 Å². The van der Waals surface area contributed by atoms with Crippen LogP contribution in [0.25, 0.3) is 0 Å². The van der Waals surface area contributed by atoms with Gasteiger partial charge in [0.1, 0.15) is 11.5 Å². The van der Waals surface area contributed by atoms with Crippen molar-refractivity contribution in [3.63, 3.8) is 0 Å². The van der Waals surface area contributed by atoms with Gasteiger partial charge in [-0.1, -0.05) is 55.5 Å². The minimum atomic E-state index is -0.492. The summed E-state index contributed by atoms with van der Waals surface area (Å²) in [5.74, 6) is 0.886. The summed E-state index contributed by atoms with van der Waals surface area (Å²) < 4.78 is 5.90. The van der Waals surface area contributed by atoms with Crippen LogP contribution >= 0.6 is 0 Å². The summed E-state index contributed by atoms with van der Waals surface area (Å²) in [6.45, 7) is 4.76. The van der Waals surface area contributed by atoms with Crippen LogP contribution in [0.2, 0.25) is 0 Å². The van der Waals surface area contributed by atoms with E-state index in [0.29, 0.717) is 38.1 Å². The molecule has 0 bridgehead atoms. The largest absolute Gasteiger partial charge is 0.481 e. The van der Waals surface area contributed by atoms with E-state index in [1.807, 2.05) is 72.5 Å². The predicted octanol–water partition coefficient (Wildman–Crippen LogP) is 3.99. The molecule has 0 aliphatic carbocycles. The summed E-state index contributed by atoms with van der Waals surface area (Å²) >= 11 is 0. The predicted molar refractivity (Wildman–Crippen MR) is 106 cm³/mol. The average molecular weight is 365 g/mol. The number of piperidine rings is 1. The van der Waals surface area contributed by atoms with Gasteiger partial charge in [-0.3, -0.25) is 9.59 Å². The molecule has 2 aromatic carbocycles. The van der Waals surface area contributed by atoms with Gasteiger partial charge in [-0.2, -0.15) is 0 Å². The lowest BCUT2D eigenvalue weighted by Gasteiger charge is -2.41. The third-order valence-corrected chi connectivity index (χ3v) is 5.60. The first kappa shape index (κ1) is 19.2. The van der Waals surface area contributed by atoms with Crippen molar-refractivity contribution in [3.05, 3.63) is 66.2 Å². The van der Waals surface area contributed by atoms with Crippen LogP contribution in [0.3, 0.4) is 0 Å². The summed E-state index contributed by atoms with van der Waals surface area (Å²) in [4.78, 5) is 27.3. The van der Waals surface area contributed by atoms with E-state index in [4.69, 9.17) is 4.74 Å². The standard InChI is InChI=1S/C23H27NO3/c1-3-21(27-20-12-8-5-9-13-20)22(26)24-16-14-23(15-17-24,18(2)25)19-10-6-4-7-11-19/h4-13,21H,3,14-17H2,1-2H3. The van der Waals surface area contributed by atoms with Gasteiger partial charge >= 0.3 is 0 Å². The molecule has 1 amide bonds. The Labute approximate surface area is 161 Å². The Hall–Kier alpha value is -2.62. The van der Waals surface area contributed by atoms with Crippen molar-refractivity contribution < 1.29 is 14.3 Å². The molecule has 0 aromatic heterocycles. The summed E-state index contributed by atoms with van der Waals surface area (Å²) in [5, 5.41) is 0. The molecule has 2 aromatic rings. The van der Waals surface area contributed by atoms with E-state index >= 15 is 0 Å². The highest BCUT2D eigenvalue weighted by atomic mass is 16.5. The van der Waals surface area contributed by atoms with E-state index in [-0.39, 0.29) is 11.7 Å². The van der Waals surface area contributed by atoms with Crippen molar-refractivity contribution in [2.24, 2.45) is 0 Å². The van der Waals surface area contributed by atoms with Crippen LogP contribution in [0.15, 0.2) is 60.7 Å². The highest BCUT2D eigenvalue weighted by molar-refractivity contribution is 5.89. The fraction of sp³-hybridized carbons (Fsp3) is 0.391. The van der Waals surface area contributed by atoms with Crippen LogP contribution in [-0.2, 0) is 15.0 Å². The fourth-order valence-electron chi connectivity index (χ4n) is 3.89. The minimum absolute atomic E-state index is 0.00608. The molecule has 3 rings (SSSR count). The molecule has 27 heavy (non-hydrogen) atoms. The molecule has 142 valence electrons. The third-order valence-electron chi connectivity index (χ3n) is 5.60. The maximum absolute atomic E-state index is 13.0. The van der Waals surface area contributed by atoms with Gasteiger partial charge in [0, 0.05) is 13.1 Å². The Balaban J connectivity index is 1.70. The lowest BCUT2D eigenvalue weighted by Crippen LogP contribution is -2.51. The molecule has 0 N–H and O–H groups in total. The molecule has 1 heterocycles. The molecule has 0 saturated carbocycles. The molecule has 1 fully saturated rings. The number of carbonyl (C=O) groups excluding carboxylic acids is 2. The fourth-order valence-corrected chi connectivity index (χ4v) is 3.89. The molecule has 4 nitrogen and oxygen atoms in total. The summed E-state index contributed by atoms with van der Waals surface area (Å²) in [5.41, 5.74) is 0.567. The number of Topliss-reactive ketones (excluding diaryl/α,β-unsaturated/α-hetero) is 1. The van der Waals surface area contributed by atoms with Gasteiger partial charge < -0.3 is 9.64 Å². The SMILES string of the molecule is CCC(Oc1ccccc1)C(=O)N1CCC(C(C)=O)(c2ccccc2)CC1. The highest BCUT2D eigenvalue weighted by Crippen LogP contribution is 2.36.